The molecule has 2 N–H and O–H groups in total. The molecule has 2 aromatic rings. The van der Waals surface area contributed by atoms with Gasteiger partial charge in [0.2, 0.25) is 0 Å². The summed E-state index contributed by atoms with van der Waals surface area (Å²) < 4.78 is 10.9. The average molecular weight is 299 g/mol. The van der Waals surface area contributed by atoms with Gasteiger partial charge in [0.25, 0.3) is 0 Å². The van der Waals surface area contributed by atoms with Gasteiger partial charge in [-0.05, 0) is 55.5 Å². The minimum absolute atomic E-state index is 0.354. The maximum Gasteiger partial charge on any atom is 0.166 e. The molecule has 0 saturated carbocycles. The van der Waals surface area contributed by atoms with Crippen molar-refractivity contribution in [3.8, 4) is 11.5 Å². The van der Waals surface area contributed by atoms with Crippen molar-refractivity contribution in [3.63, 3.8) is 0 Å². The minimum Gasteiger partial charge on any atom is -0.497 e. The standard InChI is InChI=1S/C17H21N3O2/c1-21-12-6-8-13(9-7-12)22-11-17-19-15-5-3-2-4-14(15)16(10-18)20-17/h6-9H,2-5,10-11,18H2,1H3. The van der Waals surface area contributed by atoms with Gasteiger partial charge in [-0.3, -0.25) is 0 Å². The van der Waals surface area contributed by atoms with Crippen LogP contribution in [0.25, 0.3) is 0 Å². The molecule has 1 aromatic carbocycles. The van der Waals surface area contributed by atoms with Crippen LogP contribution in [0.1, 0.15) is 35.6 Å². The second kappa shape index (κ2) is 6.75. The molecule has 0 amide bonds. The Balaban J connectivity index is 1.74. The Labute approximate surface area is 130 Å². The molecule has 0 radical (unpaired) electrons. The summed E-state index contributed by atoms with van der Waals surface area (Å²) in [6.07, 6.45) is 4.44. The zero-order chi connectivity index (χ0) is 15.4. The molecular formula is C17H21N3O2. The summed E-state index contributed by atoms with van der Waals surface area (Å²) in [5, 5.41) is 0. The highest BCUT2D eigenvalue weighted by Gasteiger charge is 2.17. The van der Waals surface area contributed by atoms with E-state index in [2.05, 4.69) is 9.97 Å². The number of nitrogens with zero attached hydrogens (tertiary/aromatic N) is 2. The first-order valence-corrected chi connectivity index (χ1v) is 7.64. The van der Waals surface area contributed by atoms with E-state index in [1.807, 2.05) is 24.3 Å². The van der Waals surface area contributed by atoms with E-state index >= 15 is 0 Å². The van der Waals surface area contributed by atoms with Crippen LogP contribution < -0.4 is 15.2 Å². The highest BCUT2D eigenvalue weighted by molar-refractivity contribution is 5.31. The van der Waals surface area contributed by atoms with Crippen LogP contribution in [-0.4, -0.2) is 17.1 Å². The zero-order valence-corrected chi connectivity index (χ0v) is 12.8. The zero-order valence-electron chi connectivity index (χ0n) is 12.8. The lowest BCUT2D eigenvalue weighted by Crippen LogP contribution is -2.17. The number of rotatable bonds is 5. The highest BCUT2D eigenvalue weighted by atomic mass is 16.5. The second-order valence-electron chi connectivity index (χ2n) is 5.39. The molecule has 1 heterocycles. The summed E-state index contributed by atoms with van der Waals surface area (Å²) in [6.45, 7) is 0.812. The number of aryl methyl sites for hydroxylation is 1. The molecule has 0 fully saturated rings. The fourth-order valence-corrected chi connectivity index (χ4v) is 2.78. The molecule has 22 heavy (non-hydrogen) atoms. The molecule has 116 valence electrons. The lowest BCUT2D eigenvalue weighted by molar-refractivity contribution is 0.293. The van der Waals surface area contributed by atoms with Gasteiger partial charge >= 0.3 is 0 Å². The number of aromatic nitrogens is 2. The Morgan fingerprint density at radius 3 is 2.50 bits per heavy atom. The van der Waals surface area contributed by atoms with Crippen molar-refractivity contribution < 1.29 is 9.47 Å². The van der Waals surface area contributed by atoms with E-state index in [-0.39, 0.29) is 0 Å². The first-order valence-electron chi connectivity index (χ1n) is 7.64. The molecule has 5 nitrogen and oxygen atoms in total. The summed E-state index contributed by atoms with van der Waals surface area (Å²) in [4.78, 5) is 9.22. The molecule has 0 aliphatic heterocycles. The molecule has 1 aliphatic rings. The van der Waals surface area contributed by atoms with Crippen LogP contribution in [0.2, 0.25) is 0 Å². The van der Waals surface area contributed by atoms with Crippen LogP contribution in [0.5, 0.6) is 11.5 Å². The van der Waals surface area contributed by atoms with Crippen molar-refractivity contribution in [1.29, 1.82) is 0 Å². The molecular weight excluding hydrogens is 278 g/mol. The molecule has 1 aromatic heterocycles. The topological polar surface area (TPSA) is 70.3 Å². The first kappa shape index (κ1) is 14.8. The SMILES string of the molecule is COc1ccc(OCc2nc(CN)c3c(n2)CCCC3)cc1. The van der Waals surface area contributed by atoms with Crippen LogP contribution in [0.15, 0.2) is 24.3 Å². The minimum atomic E-state index is 0.354. The van der Waals surface area contributed by atoms with Crippen molar-refractivity contribution in [2.75, 3.05) is 7.11 Å². The summed E-state index contributed by atoms with van der Waals surface area (Å²) in [6, 6.07) is 7.49. The van der Waals surface area contributed by atoms with E-state index in [9.17, 15) is 0 Å². The molecule has 3 rings (SSSR count). The van der Waals surface area contributed by atoms with Gasteiger partial charge in [-0.15, -0.1) is 0 Å². The Kier molecular flexibility index (Phi) is 4.53. The third-order valence-corrected chi connectivity index (χ3v) is 3.94. The predicted octanol–water partition coefficient (Wildman–Crippen LogP) is 2.40. The number of benzene rings is 1. The summed E-state index contributed by atoms with van der Waals surface area (Å²) in [5.74, 6) is 2.29. The van der Waals surface area contributed by atoms with Crippen LogP contribution in [-0.2, 0) is 26.0 Å². The smallest absolute Gasteiger partial charge is 0.166 e. The number of hydrogen-bond acceptors (Lipinski definition) is 5. The monoisotopic (exact) mass is 299 g/mol. The number of nitrogens with two attached hydrogens (primary N) is 1. The van der Waals surface area contributed by atoms with Crippen LogP contribution >= 0.6 is 0 Å². The third-order valence-electron chi connectivity index (χ3n) is 3.94. The molecule has 0 saturated heterocycles. The Morgan fingerprint density at radius 2 is 1.77 bits per heavy atom. The van der Waals surface area contributed by atoms with Gasteiger partial charge in [-0.2, -0.15) is 0 Å². The van der Waals surface area contributed by atoms with Gasteiger partial charge in [0, 0.05) is 12.2 Å². The average Bonchev–Trinajstić information content (AvgIpc) is 2.59. The van der Waals surface area contributed by atoms with Gasteiger partial charge in [0.05, 0.1) is 12.8 Å². The maximum absolute atomic E-state index is 5.84. The Hall–Kier alpha value is -2.14. The van der Waals surface area contributed by atoms with Crippen molar-refractivity contribution in [1.82, 2.24) is 9.97 Å². The fraction of sp³-hybridized carbons (Fsp3) is 0.412. The van der Waals surface area contributed by atoms with Crippen LogP contribution in [0.3, 0.4) is 0 Å². The van der Waals surface area contributed by atoms with Crippen LogP contribution in [0.4, 0.5) is 0 Å². The van der Waals surface area contributed by atoms with Crippen molar-refractivity contribution in [3.05, 3.63) is 47.0 Å². The van der Waals surface area contributed by atoms with Crippen molar-refractivity contribution in [2.45, 2.75) is 38.8 Å². The normalized spacial score (nSPS) is 13.5. The van der Waals surface area contributed by atoms with E-state index in [1.165, 1.54) is 18.4 Å². The van der Waals surface area contributed by atoms with E-state index in [1.54, 1.807) is 7.11 Å². The first-order chi connectivity index (χ1) is 10.8. The number of methoxy groups -OCH3 is 1. The van der Waals surface area contributed by atoms with Crippen LogP contribution in [0, 0.1) is 0 Å². The quantitative estimate of drug-likeness (QED) is 0.918. The third kappa shape index (κ3) is 3.20. The van der Waals surface area contributed by atoms with E-state index < -0.39 is 0 Å². The van der Waals surface area contributed by atoms with Gasteiger partial charge in [-0.25, -0.2) is 9.97 Å². The predicted molar refractivity (Wildman–Crippen MR) is 83.9 cm³/mol. The fourth-order valence-electron chi connectivity index (χ4n) is 2.78. The lowest BCUT2D eigenvalue weighted by atomic mass is 9.94. The molecule has 0 atom stereocenters. The number of fused-ring (bicyclic) bond motifs is 1. The summed E-state index contributed by atoms with van der Waals surface area (Å²) >= 11 is 0. The van der Waals surface area contributed by atoms with E-state index in [0.717, 1.165) is 35.7 Å². The van der Waals surface area contributed by atoms with E-state index in [0.29, 0.717) is 19.0 Å². The number of hydrogen-bond donors (Lipinski definition) is 1. The molecule has 5 heteroatoms. The Morgan fingerprint density at radius 1 is 1.05 bits per heavy atom. The van der Waals surface area contributed by atoms with E-state index in [4.69, 9.17) is 15.2 Å². The number of ether oxygens (including phenoxy) is 2. The Bertz CT molecular complexity index is 624. The summed E-state index contributed by atoms with van der Waals surface area (Å²) in [5.41, 5.74) is 9.21. The van der Waals surface area contributed by atoms with Gasteiger partial charge < -0.3 is 15.2 Å². The maximum atomic E-state index is 5.84. The molecule has 0 bridgehead atoms. The molecule has 0 unspecified atom stereocenters. The second-order valence-corrected chi connectivity index (χ2v) is 5.39. The van der Waals surface area contributed by atoms with Gasteiger partial charge in [-0.1, -0.05) is 0 Å². The molecule has 1 aliphatic carbocycles. The van der Waals surface area contributed by atoms with Crippen molar-refractivity contribution >= 4 is 0 Å². The summed E-state index contributed by atoms with van der Waals surface area (Å²) in [7, 11) is 1.64. The molecule has 0 spiro atoms. The van der Waals surface area contributed by atoms with Gasteiger partial charge in [0.15, 0.2) is 5.82 Å². The van der Waals surface area contributed by atoms with Gasteiger partial charge in [0.1, 0.15) is 18.1 Å². The largest absolute Gasteiger partial charge is 0.497 e. The highest BCUT2D eigenvalue weighted by Crippen LogP contribution is 2.23. The lowest BCUT2D eigenvalue weighted by Gasteiger charge is -2.18. The van der Waals surface area contributed by atoms with Crippen molar-refractivity contribution in [2.24, 2.45) is 5.73 Å².